The number of rotatable bonds is 63. The zero-order valence-electron chi connectivity index (χ0n) is 66.5. The summed E-state index contributed by atoms with van der Waals surface area (Å²) in [5, 5.41) is 0. The highest BCUT2D eigenvalue weighted by Crippen LogP contribution is 2.28. The fraction of sp³-hybridized carbons (Fsp3) is 1.00. The maximum absolute atomic E-state index is 6.90. The van der Waals surface area contributed by atoms with E-state index in [9.17, 15) is 0 Å². The highest BCUT2D eigenvalue weighted by atomic mass is 32.2. The van der Waals surface area contributed by atoms with Gasteiger partial charge in [0.05, 0.1) is 201 Å². The summed E-state index contributed by atoms with van der Waals surface area (Å²) in [4.78, 5) is 0. The molecule has 0 aliphatic rings. The fourth-order valence-corrected chi connectivity index (χ4v) is 6.84. The largest absolute Gasteiger partial charge is 0.380 e. The number of hydrogen-bond donors (Lipinski definition) is 0. The van der Waals surface area contributed by atoms with E-state index in [-0.39, 0.29) is 151 Å². The average Bonchev–Trinajstić information content (AvgIpc) is 0.844. The summed E-state index contributed by atoms with van der Waals surface area (Å²) < 4.78 is 111. The molecule has 0 fully saturated rings. The van der Waals surface area contributed by atoms with Crippen molar-refractivity contribution in [3.8, 4) is 0 Å². The van der Waals surface area contributed by atoms with Gasteiger partial charge in [-0.1, -0.05) is 160 Å². The van der Waals surface area contributed by atoms with Crippen molar-refractivity contribution >= 4 is 94.1 Å². The monoisotopic (exact) mass is 1780 g/mol. The molecule has 0 aromatic rings. The molecule has 0 saturated carbocycles. The maximum atomic E-state index is 6.90. The van der Waals surface area contributed by atoms with Crippen molar-refractivity contribution in [2.75, 3.05) is 338 Å². The van der Waals surface area contributed by atoms with Gasteiger partial charge < -0.3 is 85.3 Å². The van der Waals surface area contributed by atoms with Crippen molar-refractivity contribution in [1.29, 1.82) is 0 Å². The van der Waals surface area contributed by atoms with Crippen LogP contribution in [-0.4, -0.2) is 338 Å². The molecule has 0 aliphatic heterocycles. The molecule has 0 aromatic heterocycles. The van der Waals surface area contributed by atoms with Gasteiger partial charge in [-0.25, -0.2) is 0 Å². The third kappa shape index (κ3) is 171. The molecule has 0 bridgehead atoms. The SMILES string of the molecule is C.C.C.C.C.C.C.C.C.C.C.C.C.C.C.CCCOCCOCC(COCCOCC)(COCCOCCC)COCC(COCCOCCC)(COCCOCCC)COCC(COCCOCCC)(COCCOCCC)COCCOCCC.CSC.CSC.CSC.CSC.CSC.CSC.CSC.CSC. The van der Waals surface area contributed by atoms with Crippen LogP contribution < -0.4 is 0 Å². The van der Waals surface area contributed by atoms with Crippen molar-refractivity contribution in [2.24, 2.45) is 16.2 Å². The lowest BCUT2D eigenvalue weighted by molar-refractivity contribution is -0.162. The van der Waals surface area contributed by atoms with Gasteiger partial charge in [0, 0.05) is 52.9 Å². The predicted octanol–water partition coefficient (Wildman–Crippen LogP) is 24.5. The quantitative estimate of drug-likeness (QED) is 0.0527. The van der Waals surface area contributed by atoms with Crippen LogP contribution in [-0.2, 0) is 85.3 Å². The molecule has 18 nitrogen and oxygen atoms in total. The molecule has 714 valence electrons. The first-order valence-corrected chi connectivity index (χ1v) is 47.4. The van der Waals surface area contributed by atoms with Crippen LogP contribution in [0.25, 0.3) is 0 Å². The Morgan fingerprint density at radius 2 is 0.225 bits per heavy atom. The second kappa shape index (κ2) is 174. The van der Waals surface area contributed by atoms with Crippen molar-refractivity contribution in [2.45, 2.75) is 212 Å². The van der Waals surface area contributed by atoms with Crippen molar-refractivity contribution in [1.82, 2.24) is 0 Å². The Labute approximate surface area is 740 Å². The molecular weight excluding hydrogens is 1570 g/mol. The maximum Gasteiger partial charge on any atom is 0.0700 e. The van der Waals surface area contributed by atoms with Gasteiger partial charge in [0.1, 0.15) is 0 Å². The fourth-order valence-electron chi connectivity index (χ4n) is 6.84. The number of hydrogen-bond acceptors (Lipinski definition) is 26. The minimum atomic E-state index is -0.787. The smallest absolute Gasteiger partial charge is 0.0700 e. The van der Waals surface area contributed by atoms with E-state index in [4.69, 9.17) is 85.3 Å². The van der Waals surface area contributed by atoms with Gasteiger partial charge in [-0.15, -0.1) is 0 Å². The van der Waals surface area contributed by atoms with E-state index >= 15 is 0 Å². The Kier molecular flexibility index (Phi) is 281. The van der Waals surface area contributed by atoms with Crippen molar-refractivity contribution in [3.05, 3.63) is 0 Å². The van der Waals surface area contributed by atoms with Crippen molar-refractivity contribution < 1.29 is 85.3 Å². The zero-order chi connectivity index (χ0) is 74.3. The first-order chi connectivity index (χ1) is 46.7. The van der Waals surface area contributed by atoms with Crippen LogP contribution in [0, 0.1) is 16.2 Å². The van der Waals surface area contributed by atoms with Crippen LogP contribution in [0.3, 0.4) is 0 Å². The second-order valence-corrected chi connectivity index (χ2v) is 28.2. The van der Waals surface area contributed by atoms with E-state index in [1.807, 2.05) is 107 Å². The van der Waals surface area contributed by atoms with Crippen LogP contribution in [0.5, 0.6) is 0 Å². The molecular formula is C85H218O18S8. The van der Waals surface area contributed by atoms with Gasteiger partial charge in [-0.3, -0.25) is 0 Å². The van der Waals surface area contributed by atoms with E-state index in [2.05, 4.69) is 48.5 Å². The van der Waals surface area contributed by atoms with Crippen LogP contribution in [0.4, 0.5) is 0 Å². The number of thioether (sulfide) groups is 8. The standard InChI is InChI=1S/C54H110O18.8C2H6S.15CH4/c1-9-17-56-25-33-64-41-52(40-63-32-24-55-16-8,42-65-34-26-57-18-10-2)48-71-50-54(46-69-38-30-61-22-14-6,47-70-39-31-62-23-15-7)51-72-49-53(43-66-35-27-58-19-11-3,44-67-36-28-59-20-12-4)45-68-37-29-60-21-13-5;8*1-3-2;;;;;;;;;;;;;;;/h9-51H2,1-8H3;8*1-2H3;15*1H4. The topological polar surface area (TPSA) is 166 Å². The Morgan fingerprint density at radius 3 is 0.324 bits per heavy atom. The molecule has 0 saturated heterocycles. The molecule has 0 heterocycles. The molecule has 111 heavy (non-hydrogen) atoms. The highest BCUT2D eigenvalue weighted by Gasteiger charge is 2.39. The normalized spacial score (nSPS) is 9.41. The Balaban J connectivity index is -0.0000000779. The summed E-state index contributed by atoms with van der Waals surface area (Å²) in [7, 11) is 0. The molecule has 0 aliphatic carbocycles. The van der Waals surface area contributed by atoms with Gasteiger partial charge in [-0.05, 0) is 152 Å². The van der Waals surface area contributed by atoms with Crippen molar-refractivity contribution in [3.63, 3.8) is 0 Å². The Hall–Kier alpha value is 2.08. The molecule has 0 aromatic carbocycles. The Bertz CT molecular complexity index is 1130. The van der Waals surface area contributed by atoms with Crippen LogP contribution in [0.2, 0.25) is 0 Å². The van der Waals surface area contributed by atoms with Crippen LogP contribution in [0.1, 0.15) is 212 Å². The summed E-state index contributed by atoms with van der Waals surface area (Å²) in [6.07, 6.45) is 39.2. The first-order valence-electron chi connectivity index (χ1n) is 34.3. The average molecular weight is 1790 g/mol. The van der Waals surface area contributed by atoms with Gasteiger partial charge in [-0.2, -0.15) is 94.1 Å². The number of ether oxygens (including phenoxy) is 18. The van der Waals surface area contributed by atoms with E-state index < -0.39 is 16.2 Å². The Morgan fingerprint density at radius 1 is 0.135 bits per heavy atom. The minimum Gasteiger partial charge on any atom is -0.380 e. The third-order valence-corrected chi connectivity index (χ3v) is 10.5. The summed E-state index contributed by atoms with van der Waals surface area (Å²) in [6.45, 7) is 32.3. The van der Waals surface area contributed by atoms with Gasteiger partial charge in [0.25, 0.3) is 0 Å². The van der Waals surface area contributed by atoms with Gasteiger partial charge in [0.2, 0.25) is 0 Å². The summed E-state index contributed by atoms with van der Waals surface area (Å²) >= 11 is 14.0. The lowest BCUT2D eigenvalue weighted by Crippen LogP contribution is -2.48. The summed E-state index contributed by atoms with van der Waals surface area (Å²) in [6, 6.07) is 0. The van der Waals surface area contributed by atoms with Gasteiger partial charge in [0.15, 0.2) is 0 Å². The highest BCUT2D eigenvalue weighted by molar-refractivity contribution is 7.99. The molecule has 26 heteroatoms. The van der Waals surface area contributed by atoms with E-state index in [1.54, 1.807) is 94.1 Å². The van der Waals surface area contributed by atoms with E-state index in [0.29, 0.717) is 198 Å². The minimum absolute atomic E-state index is 0. The zero-order valence-corrected chi connectivity index (χ0v) is 73.1. The summed E-state index contributed by atoms with van der Waals surface area (Å²) in [5.74, 6) is 0. The van der Waals surface area contributed by atoms with E-state index in [0.717, 1.165) is 44.9 Å². The first kappa shape index (κ1) is 179. The molecule has 0 rings (SSSR count). The lowest BCUT2D eigenvalue weighted by Gasteiger charge is -2.38. The second-order valence-electron chi connectivity index (χ2n) is 21.7. The third-order valence-electron chi connectivity index (χ3n) is 10.5. The predicted molar refractivity (Wildman–Crippen MR) is 536 cm³/mol. The van der Waals surface area contributed by atoms with Gasteiger partial charge >= 0.3 is 0 Å². The van der Waals surface area contributed by atoms with Crippen LogP contribution >= 0.6 is 94.1 Å². The molecule has 0 atom stereocenters. The molecule has 0 radical (unpaired) electrons. The molecule has 0 amide bonds. The lowest BCUT2D eigenvalue weighted by atomic mass is 9.89. The molecule has 0 N–H and O–H groups in total. The van der Waals surface area contributed by atoms with Crippen LogP contribution in [0.15, 0.2) is 0 Å². The summed E-state index contributed by atoms with van der Waals surface area (Å²) in [5.41, 5.74) is -2.17. The molecule has 0 spiro atoms. The molecule has 0 unspecified atom stereocenters. The van der Waals surface area contributed by atoms with E-state index in [1.165, 1.54) is 0 Å².